The second kappa shape index (κ2) is 7.05. The van der Waals surface area contributed by atoms with E-state index in [0.717, 1.165) is 17.7 Å². The number of carbonyl (C=O) groups excluding carboxylic acids is 1. The van der Waals surface area contributed by atoms with Crippen LogP contribution in [0.4, 0.5) is 0 Å². The topological polar surface area (TPSA) is 86.2 Å². The summed E-state index contributed by atoms with van der Waals surface area (Å²) < 4.78 is 8.42. The van der Waals surface area contributed by atoms with Gasteiger partial charge in [-0.25, -0.2) is 9.48 Å². The van der Waals surface area contributed by atoms with Gasteiger partial charge in [0.2, 0.25) is 5.91 Å². The fourth-order valence-electron chi connectivity index (χ4n) is 3.78. The van der Waals surface area contributed by atoms with Crippen LogP contribution in [0.2, 0.25) is 0 Å². The molecule has 8 nitrogen and oxygen atoms in total. The first-order valence-electron chi connectivity index (χ1n) is 9.52. The second-order valence-corrected chi connectivity index (χ2v) is 7.15. The van der Waals surface area contributed by atoms with E-state index in [1.165, 1.54) is 4.57 Å². The molecule has 0 aliphatic carbocycles. The van der Waals surface area contributed by atoms with Gasteiger partial charge in [-0.05, 0) is 18.6 Å². The van der Waals surface area contributed by atoms with Gasteiger partial charge in [0.05, 0.1) is 17.8 Å². The van der Waals surface area contributed by atoms with Crippen LogP contribution in [0.15, 0.2) is 70.0 Å². The fraction of sp³-hybridized carbons (Fsp3) is 0.238. The Bertz CT molecular complexity index is 1220. The number of benzene rings is 2. The molecule has 2 aromatic carbocycles. The molecule has 1 unspecified atom stereocenters. The predicted octanol–water partition coefficient (Wildman–Crippen LogP) is 2.33. The maximum atomic E-state index is 12.8. The highest BCUT2D eigenvalue weighted by Crippen LogP contribution is 2.24. The standard InChI is InChI=1S/C21H19N5O3/c27-20(14-25-18-8-4-5-9-19(18)29-21(25)28)24-11-10-16(12-24)26-13-17(22-23-26)15-6-2-1-3-7-15/h1-9,13,16H,10-12,14H2. The lowest BCUT2D eigenvalue weighted by molar-refractivity contribution is -0.130. The minimum atomic E-state index is -0.515. The molecule has 1 aliphatic heterocycles. The van der Waals surface area contributed by atoms with Crippen molar-refractivity contribution >= 4 is 17.0 Å². The first-order valence-corrected chi connectivity index (χ1v) is 9.52. The van der Waals surface area contributed by atoms with Gasteiger partial charge in [0.25, 0.3) is 0 Å². The number of fused-ring (bicyclic) bond motifs is 1. The smallest absolute Gasteiger partial charge is 0.408 e. The molecule has 3 heterocycles. The maximum Gasteiger partial charge on any atom is 0.420 e. The van der Waals surface area contributed by atoms with Crippen molar-refractivity contribution in [3.63, 3.8) is 0 Å². The van der Waals surface area contributed by atoms with Crippen molar-refractivity contribution in [3.8, 4) is 11.3 Å². The van der Waals surface area contributed by atoms with Crippen LogP contribution in [0.25, 0.3) is 22.4 Å². The van der Waals surface area contributed by atoms with E-state index in [9.17, 15) is 9.59 Å². The minimum absolute atomic E-state index is 0.0326. The van der Waals surface area contributed by atoms with Crippen molar-refractivity contribution in [2.75, 3.05) is 13.1 Å². The zero-order valence-electron chi connectivity index (χ0n) is 15.6. The molecule has 0 N–H and O–H groups in total. The van der Waals surface area contributed by atoms with Crippen molar-refractivity contribution in [3.05, 3.63) is 71.3 Å². The molecule has 0 radical (unpaired) electrons. The van der Waals surface area contributed by atoms with Crippen molar-refractivity contribution in [2.24, 2.45) is 0 Å². The molecule has 0 bridgehead atoms. The summed E-state index contributed by atoms with van der Waals surface area (Å²) in [7, 11) is 0. The zero-order chi connectivity index (χ0) is 19.8. The molecule has 2 aromatic heterocycles. The van der Waals surface area contributed by atoms with E-state index in [2.05, 4.69) is 10.3 Å². The van der Waals surface area contributed by atoms with E-state index in [4.69, 9.17) is 4.42 Å². The second-order valence-electron chi connectivity index (χ2n) is 7.15. The number of para-hydroxylation sites is 2. The van der Waals surface area contributed by atoms with Gasteiger partial charge in [-0.1, -0.05) is 47.7 Å². The molecule has 29 heavy (non-hydrogen) atoms. The average Bonchev–Trinajstić information content (AvgIpc) is 3.48. The van der Waals surface area contributed by atoms with Crippen LogP contribution in [-0.2, 0) is 11.3 Å². The highest BCUT2D eigenvalue weighted by molar-refractivity contribution is 5.79. The van der Waals surface area contributed by atoms with Crippen LogP contribution in [0.5, 0.6) is 0 Å². The van der Waals surface area contributed by atoms with Crippen molar-refractivity contribution in [2.45, 2.75) is 19.0 Å². The normalized spacial score (nSPS) is 16.6. The monoisotopic (exact) mass is 389 g/mol. The Hall–Kier alpha value is -3.68. The molecule has 0 spiro atoms. The lowest BCUT2D eigenvalue weighted by atomic mass is 10.2. The number of likely N-dealkylation sites (tertiary alicyclic amines) is 1. The Morgan fingerprint density at radius 3 is 2.76 bits per heavy atom. The Kier molecular flexibility index (Phi) is 4.23. The molecular formula is C21H19N5O3. The lowest BCUT2D eigenvalue weighted by Crippen LogP contribution is -2.34. The Balaban J connectivity index is 1.29. The molecule has 4 aromatic rings. The summed E-state index contributed by atoms with van der Waals surface area (Å²) >= 11 is 0. The first kappa shape index (κ1) is 17.4. The Labute approximate surface area is 166 Å². The van der Waals surface area contributed by atoms with Crippen LogP contribution in [0, 0.1) is 0 Å². The van der Waals surface area contributed by atoms with E-state index in [0.29, 0.717) is 24.2 Å². The maximum absolute atomic E-state index is 12.8. The quantitative estimate of drug-likeness (QED) is 0.535. The highest BCUT2D eigenvalue weighted by Gasteiger charge is 2.29. The largest absolute Gasteiger partial charge is 0.420 e. The van der Waals surface area contributed by atoms with Crippen molar-refractivity contribution < 1.29 is 9.21 Å². The van der Waals surface area contributed by atoms with E-state index in [1.807, 2.05) is 47.3 Å². The molecular weight excluding hydrogens is 370 g/mol. The first-order chi connectivity index (χ1) is 14.2. The molecule has 8 heteroatoms. The van der Waals surface area contributed by atoms with Gasteiger partial charge in [0, 0.05) is 18.7 Å². The van der Waals surface area contributed by atoms with Crippen LogP contribution < -0.4 is 5.76 Å². The van der Waals surface area contributed by atoms with Crippen molar-refractivity contribution in [1.29, 1.82) is 0 Å². The predicted molar refractivity (Wildman–Crippen MR) is 106 cm³/mol. The Morgan fingerprint density at radius 1 is 1.10 bits per heavy atom. The van der Waals surface area contributed by atoms with Gasteiger partial charge in [-0.3, -0.25) is 9.36 Å². The van der Waals surface area contributed by atoms with E-state index in [1.54, 1.807) is 23.1 Å². The number of carbonyl (C=O) groups is 1. The van der Waals surface area contributed by atoms with Gasteiger partial charge < -0.3 is 9.32 Å². The summed E-state index contributed by atoms with van der Waals surface area (Å²) in [4.78, 5) is 26.7. The van der Waals surface area contributed by atoms with E-state index >= 15 is 0 Å². The molecule has 1 fully saturated rings. The lowest BCUT2D eigenvalue weighted by Gasteiger charge is -2.16. The van der Waals surface area contributed by atoms with Gasteiger partial charge in [-0.15, -0.1) is 5.10 Å². The van der Waals surface area contributed by atoms with Gasteiger partial charge in [0.1, 0.15) is 12.2 Å². The Morgan fingerprint density at radius 2 is 1.90 bits per heavy atom. The summed E-state index contributed by atoms with van der Waals surface area (Å²) in [6.45, 7) is 1.13. The molecule has 146 valence electrons. The molecule has 0 saturated carbocycles. The molecule has 1 saturated heterocycles. The SMILES string of the molecule is O=C(Cn1c(=O)oc2ccccc21)N1CCC(n2cc(-c3ccccc3)nn2)C1. The van der Waals surface area contributed by atoms with Crippen LogP contribution in [-0.4, -0.2) is 43.5 Å². The molecule has 1 aliphatic rings. The summed E-state index contributed by atoms with van der Waals surface area (Å²) in [6.07, 6.45) is 2.71. The van der Waals surface area contributed by atoms with E-state index < -0.39 is 5.76 Å². The van der Waals surface area contributed by atoms with Gasteiger partial charge >= 0.3 is 5.76 Å². The fourth-order valence-corrected chi connectivity index (χ4v) is 3.78. The number of aromatic nitrogens is 4. The summed E-state index contributed by atoms with van der Waals surface area (Å²) in [5.74, 6) is -0.622. The average molecular weight is 389 g/mol. The molecule has 5 rings (SSSR count). The summed E-state index contributed by atoms with van der Waals surface area (Å²) in [5, 5.41) is 8.52. The minimum Gasteiger partial charge on any atom is -0.408 e. The zero-order valence-corrected chi connectivity index (χ0v) is 15.6. The third-order valence-electron chi connectivity index (χ3n) is 5.34. The summed E-state index contributed by atoms with van der Waals surface area (Å²) in [6, 6.07) is 17.1. The summed E-state index contributed by atoms with van der Waals surface area (Å²) in [5.41, 5.74) is 2.94. The number of amides is 1. The number of rotatable bonds is 4. The molecule has 1 amide bonds. The van der Waals surface area contributed by atoms with Crippen LogP contribution >= 0.6 is 0 Å². The van der Waals surface area contributed by atoms with Gasteiger partial charge in [-0.2, -0.15) is 0 Å². The third-order valence-corrected chi connectivity index (χ3v) is 5.34. The van der Waals surface area contributed by atoms with Crippen LogP contribution in [0.1, 0.15) is 12.5 Å². The highest BCUT2D eigenvalue weighted by atomic mass is 16.4. The number of hydrogen-bond acceptors (Lipinski definition) is 5. The third kappa shape index (κ3) is 3.22. The van der Waals surface area contributed by atoms with Crippen LogP contribution in [0.3, 0.4) is 0 Å². The van der Waals surface area contributed by atoms with Gasteiger partial charge in [0.15, 0.2) is 5.58 Å². The molecule has 1 atom stereocenters. The number of hydrogen-bond donors (Lipinski definition) is 0. The number of oxazole rings is 1. The number of nitrogens with zero attached hydrogens (tertiary/aromatic N) is 5. The van der Waals surface area contributed by atoms with Crippen molar-refractivity contribution in [1.82, 2.24) is 24.5 Å². The van der Waals surface area contributed by atoms with E-state index in [-0.39, 0.29) is 18.5 Å².